The molecule has 0 fully saturated rings. The summed E-state index contributed by atoms with van der Waals surface area (Å²) >= 11 is 1.32. The molecule has 34 heavy (non-hydrogen) atoms. The Morgan fingerprint density at radius 2 is 1.74 bits per heavy atom. The van der Waals surface area contributed by atoms with Crippen LogP contribution >= 0.6 is 11.8 Å². The molecule has 3 aromatic rings. The lowest BCUT2D eigenvalue weighted by molar-refractivity contribution is -0.114. The van der Waals surface area contributed by atoms with E-state index in [1.165, 1.54) is 27.9 Å². The van der Waals surface area contributed by atoms with E-state index < -0.39 is 5.91 Å². The Balaban J connectivity index is 1.53. The summed E-state index contributed by atoms with van der Waals surface area (Å²) in [7, 11) is 0. The largest absolute Gasteiger partial charge is 0.318 e. The summed E-state index contributed by atoms with van der Waals surface area (Å²) < 4.78 is 2.19. The molecule has 1 N–H and O–H groups in total. The lowest BCUT2D eigenvalue weighted by atomic mass is 10.1. The summed E-state index contributed by atoms with van der Waals surface area (Å²) in [6, 6.07) is 16.4. The van der Waals surface area contributed by atoms with E-state index >= 15 is 0 Å². The van der Waals surface area contributed by atoms with Gasteiger partial charge in [-0.1, -0.05) is 35.9 Å². The zero-order valence-electron chi connectivity index (χ0n) is 19.8. The number of aliphatic imine (C=N–C) groups is 1. The van der Waals surface area contributed by atoms with E-state index in [-0.39, 0.29) is 11.4 Å². The first-order valence-corrected chi connectivity index (χ1v) is 11.9. The molecule has 2 aliphatic rings. The van der Waals surface area contributed by atoms with Gasteiger partial charge in [-0.3, -0.25) is 10.2 Å². The lowest BCUT2D eigenvalue weighted by Crippen LogP contribution is -2.35. The predicted octanol–water partition coefficient (Wildman–Crippen LogP) is 5.69. The van der Waals surface area contributed by atoms with Crippen molar-refractivity contribution in [2.24, 2.45) is 10.1 Å². The van der Waals surface area contributed by atoms with Crippen LogP contribution in [0, 0.1) is 40.0 Å². The molecule has 1 amide bonds. The first-order chi connectivity index (χ1) is 16.2. The number of thioether (sulfide) groups is 1. The molecule has 0 aliphatic carbocycles. The first-order valence-electron chi connectivity index (χ1n) is 11.1. The number of aryl methyl sites for hydroxylation is 4. The lowest BCUT2D eigenvalue weighted by Gasteiger charge is -2.20. The number of amides is 1. The van der Waals surface area contributed by atoms with Gasteiger partial charge >= 0.3 is 0 Å². The van der Waals surface area contributed by atoms with E-state index in [9.17, 15) is 4.79 Å². The van der Waals surface area contributed by atoms with Crippen molar-refractivity contribution in [1.29, 1.82) is 5.41 Å². The summed E-state index contributed by atoms with van der Waals surface area (Å²) in [5.41, 5.74) is 8.75. The van der Waals surface area contributed by atoms with E-state index in [4.69, 9.17) is 5.41 Å². The Morgan fingerprint density at radius 1 is 0.971 bits per heavy atom. The van der Waals surface area contributed by atoms with E-state index in [0.717, 1.165) is 38.8 Å². The van der Waals surface area contributed by atoms with E-state index in [2.05, 4.69) is 53.6 Å². The van der Waals surface area contributed by atoms with Crippen LogP contribution in [0.5, 0.6) is 0 Å². The van der Waals surface area contributed by atoms with Crippen molar-refractivity contribution in [3.05, 3.63) is 93.3 Å². The predicted molar refractivity (Wildman–Crippen MR) is 140 cm³/mol. The summed E-state index contributed by atoms with van der Waals surface area (Å²) in [6.45, 7) is 10.3. The third-order valence-corrected chi connectivity index (χ3v) is 7.05. The third kappa shape index (κ3) is 3.72. The average Bonchev–Trinajstić information content (AvgIpc) is 3.33. The molecule has 0 radical (unpaired) electrons. The summed E-state index contributed by atoms with van der Waals surface area (Å²) in [4.78, 5) is 17.2. The van der Waals surface area contributed by atoms with Crippen LogP contribution in [-0.4, -0.2) is 31.5 Å². The highest BCUT2D eigenvalue weighted by Crippen LogP contribution is 2.32. The van der Waals surface area contributed by atoms with Gasteiger partial charge in [0.05, 0.1) is 5.57 Å². The van der Waals surface area contributed by atoms with Crippen molar-refractivity contribution in [1.82, 2.24) is 9.58 Å². The fraction of sp³-hybridized carbons (Fsp3) is 0.185. The molecule has 0 spiro atoms. The van der Waals surface area contributed by atoms with Crippen LogP contribution in [0.4, 0.5) is 0 Å². The molecular formula is C27H25N5OS. The van der Waals surface area contributed by atoms with Crippen LogP contribution in [0.15, 0.2) is 64.2 Å². The number of hydrazone groups is 1. The Morgan fingerprint density at radius 3 is 2.50 bits per heavy atom. The summed E-state index contributed by atoms with van der Waals surface area (Å²) in [6.07, 6.45) is 1.76. The first kappa shape index (κ1) is 22.1. The molecule has 7 heteroatoms. The second-order valence-corrected chi connectivity index (χ2v) is 9.70. The van der Waals surface area contributed by atoms with Crippen molar-refractivity contribution in [2.75, 3.05) is 0 Å². The number of fused-ring (bicyclic) bond motifs is 1. The molecule has 2 aromatic carbocycles. The molecule has 0 saturated heterocycles. The monoisotopic (exact) mass is 467 g/mol. The number of carbonyl (C=O) groups is 1. The number of hydrogen-bond donors (Lipinski definition) is 1. The van der Waals surface area contributed by atoms with Crippen LogP contribution in [0.25, 0.3) is 11.8 Å². The molecule has 2 aliphatic heterocycles. The molecule has 0 unspecified atom stereocenters. The van der Waals surface area contributed by atoms with Gasteiger partial charge in [0.15, 0.2) is 5.84 Å². The number of amidine groups is 2. The average molecular weight is 468 g/mol. The Hall–Kier alpha value is -3.71. The normalized spacial score (nSPS) is 16.7. The molecule has 0 atom stereocenters. The van der Waals surface area contributed by atoms with Gasteiger partial charge in [-0.2, -0.15) is 15.1 Å². The summed E-state index contributed by atoms with van der Waals surface area (Å²) in [5, 5.41) is 15.9. The fourth-order valence-corrected chi connectivity index (χ4v) is 5.19. The molecule has 6 nitrogen and oxygen atoms in total. The molecular weight excluding hydrogens is 442 g/mol. The third-order valence-electron chi connectivity index (χ3n) is 6.10. The minimum absolute atomic E-state index is 0.0432. The standard InChI is InChI=1S/C27H25N5OS/c1-15-7-6-8-20(11-15)26-30-32-24(28)22(25(33)29-27(32)34-26)14-21-13-18(4)31(19(21)5)23-12-16(2)9-10-17(23)3/h6-14,28H,1-5H3. The van der Waals surface area contributed by atoms with Gasteiger partial charge in [0.2, 0.25) is 5.17 Å². The van der Waals surface area contributed by atoms with Crippen LogP contribution in [0.1, 0.15) is 39.2 Å². The van der Waals surface area contributed by atoms with Crippen molar-refractivity contribution in [3.63, 3.8) is 0 Å². The van der Waals surface area contributed by atoms with Gasteiger partial charge in [0.25, 0.3) is 5.91 Å². The maximum atomic E-state index is 12.9. The molecule has 1 aromatic heterocycles. The number of benzene rings is 2. The number of nitrogens with zero attached hydrogens (tertiary/aromatic N) is 4. The van der Waals surface area contributed by atoms with Gasteiger partial charge in [0.1, 0.15) is 5.04 Å². The smallest absolute Gasteiger partial charge is 0.283 e. The number of rotatable bonds is 3. The molecule has 170 valence electrons. The van der Waals surface area contributed by atoms with Gasteiger partial charge < -0.3 is 4.57 Å². The van der Waals surface area contributed by atoms with Crippen molar-refractivity contribution >= 4 is 39.8 Å². The van der Waals surface area contributed by atoms with E-state index in [1.807, 2.05) is 44.2 Å². The zero-order valence-corrected chi connectivity index (χ0v) is 20.6. The fourth-order valence-electron chi connectivity index (χ4n) is 4.31. The SMILES string of the molecule is Cc1cccc(C2=NN3C(=N)C(=Cc4cc(C)n(-c5cc(C)ccc5C)c4C)C(=O)N=C3S2)c1. The number of aromatic nitrogens is 1. The second-order valence-electron chi connectivity index (χ2n) is 8.75. The Kier molecular flexibility index (Phi) is 5.37. The quantitative estimate of drug-likeness (QED) is 0.503. The zero-order chi connectivity index (χ0) is 24.1. The maximum Gasteiger partial charge on any atom is 0.283 e. The van der Waals surface area contributed by atoms with Gasteiger partial charge in [0, 0.05) is 22.6 Å². The molecule has 5 rings (SSSR count). The number of carbonyl (C=O) groups excluding carboxylic acids is 1. The van der Waals surface area contributed by atoms with Crippen molar-refractivity contribution in [3.8, 4) is 5.69 Å². The molecule has 0 saturated carbocycles. The van der Waals surface area contributed by atoms with Crippen LogP contribution in [-0.2, 0) is 4.79 Å². The summed E-state index contributed by atoms with van der Waals surface area (Å²) in [5.74, 6) is -0.373. The van der Waals surface area contributed by atoms with Crippen LogP contribution < -0.4 is 0 Å². The topological polar surface area (TPSA) is 73.8 Å². The maximum absolute atomic E-state index is 12.9. The highest BCUT2D eigenvalue weighted by molar-refractivity contribution is 8.27. The van der Waals surface area contributed by atoms with Gasteiger partial charge in [-0.25, -0.2) is 0 Å². The van der Waals surface area contributed by atoms with E-state index in [1.54, 1.807) is 6.08 Å². The Labute approximate surface area is 203 Å². The minimum atomic E-state index is -0.416. The highest BCUT2D eigenvalue weighted by atomic mass is 32.2. The van der Waals surface area contributed by atoms with Crippen LogP contribution in [0.3, 0.4) is 0 Å². The minimum Gasteiger partial charge on any atom is -0.318 e. The van der Waals surface area contributed by atoms with Gasteiger partial charge in [-0.05, 0) is 87.3 Å². The number of nitrogens with one attached hydrogen (secondary N) is 1. The van der Waals surface area contributed by atoms with Crippen molar-refractivity contribution < 1.29 is 4.79 Å². The molecule has 0 bridgehead atoms. The van der Waals surface area contributed by atoms with Gasteiger partial charge in [-0.15, -0.1) is 0 Å². The van der Waals surface area contributed by atoms with Crippen molar-refractivity contribution in [2.45, 2.75) is 34.6 Å². The van der Waals surface area contributed by atoms with E-state index in [0.29, 0.717) is 5.17 Å². The second kappa shape index (κ2) is 8.25. The number of hydrogen-bond acceptors (Lipinski definition) is 4. The highest BCUT2D eigenvalue weighted by Gasteiger charge is 2.36. The molecule has 3 heterocycles. The van der Waals surface area contributed by atoms with Crippen LogP contribution in [0.2, 0.25) is 0 Å². The Bertz CT molecular complexity index is 1470.